The topological polar surface area (TPSA) is 50.9 Å². The number of fused-ring (bicyclic) bond motifs is 1. The Hall–Kier alpha value is -0.550. The second kappa shape index (κ2) is 3.79. The molecular formula is C10H15N3OS. The van der Waals surface area contributed by atoms with E-state index < -0.39 is 6.10 Å². The van der Waals surface area contributed by atoms with Crippen molar-refractivity contribution in [3.63, 3.8) is 0 Å². The molecule has 4 nitrogen and oxygen atoms in total. The van der Waals surface area contributed by atoms with Crippen LogP contribution in [0.1, 0.15) is 48.7 Å². The molecule has 5 heteroatoms. The highest BCUT2D eigenvalue weighted by atomic mass is 32.2. The molecule has 1 saturated heterocycles. The fraction of sp³-hybridized carbons (Fsp3) is 0.800. The Morgan fingerprint density at radius 1 is 1.20 bits per heavy atom. The summed E-state index contributed by atoms with van der Waals surface area (Å²) in [5, 5.41) is 18.7. The van der Waals surface area contributed by atoms with E-state index in [1.807, 2.05) is 11.8 Å². The van der Waals surface area contributed by atoms with Crippen LogP contribution in [0, 0.1) is 0 Å². The maximum Gasteiger partial charge on any atom is 0.161 e. The molecule has 1 aromatic rings. The van der Waals surface area contributed by atoms with Crippen molar-refractivity contribution in [2.45, 2.75) is 43.6 Å². The van der Waals surface area contributed by atoms with Gasteiger partial charge in [-0.05, 0) is 31.4 Å². The molecule has 2 unspecified atom stereocenters. The van der Waals surface area contributed by atoms with Crippen LogP contribution in [0.5, 0.6) is 0 Å². The maximum atomic E-state index is 9.79. The molecule has 0 radical (unpaired) electrons. The number of hydrogen-bond acceptors (Lipinski definition) is 4. The summed E-state index contributed by atoms with van der Waals surface area (Å²) in [5.74, 6) is 3.10. The van der Waals surface area contributed by atoms with Crippen LogP contribution in [0.2, 0.25) is 0 Å². The third-order valence-electron chi connectivity index (χ3n) is 3.18. The molecule has 1 fully saturated rings. The van der Waals surface area contributed by atoms with E-state index >= 15 is 0 Å². The molecule has 0 saturated carbocycles. The largest absolute Gasteiger partial charge is 0.385 e. The summed E-state index contributed by atoms with van der Waals surface area (Å²) in [6.07, 6.45) is 3.96. The quantitative estimate of drug-likeness (QED) is 0.790. The van der Waals surface area contributed by atoms with Crippen molar-refractivity contribution in [2.75, 3.05) is 5.75 Å². The molecule has 0 spiro atoms. The minimum absolute atomic E-state index is 0.397. The first-order chi connectivity index (χ1) is 7.36. The molecule has 0 aliphatic carbocycles. The number of thioether (sulfide) groups is 1. The standard InChI is InChI=1S/C10H15N3OS/c14-7-3-1-5-13-9(7)11-12-10(13)8-4-2-6-15-8/h7-8,14H,1-6H2. The van der Waals surface area contributed by atoms with Crippen LogP contribution in [-0.4, -0.2) is 25.6 Å². The van der Waals surface area contributed by atoms with Crippen LogP contribution in [0.4, 0.5) is 0 Å². The van der Waals surface area contributed by atoms with Crippen LogP contribution < -0.4 is 0 Å². The Balaban J connectivity index is 1.95. The van der Waals surface area contributed by atoms with Gasteiger partial charge in [0.05, 0.1) is 5.25 Å². The number of aromatic nitrogens is 3. The number of rotatable bonds is 1. The summed E-state index contributed by atoms with van der Waals surface area (Å²) >= 11 is 1.97. The van der Waals surface area contributed by atoms with Gasteiger partial charge in [-0.3, -0.25) is 0 Å². The molecule has 0 aromatic carbocycles. The summed E-state index contributed by atoms with van der Waals surface area (Å²) in [6.45, 7) is 0.978. The van der Waals surface area contributed by atoms with Gasteiger partial charge < -0.3 is 9.67 Å². The molecule has 0 bridgehead atoms. The molecule has 82 valence electrons. The van der Waals surface area contributed by atoms with Gasteiger partial charge in [-0.15, -0.1) is 10.2 Å². The van der Waals surface area contributed by atoms with Crippen molar-refractivity contribution in [1.82, 2.24) is 14.8 Å². The average molecular weight is 225 g/mol. The van der Waals surface area contributed by atoms with Gasteiger partial charge in [-0.1, -0.05) is 0 Å². The first-order valence-corrected chi connectivity index (χ1v) is 6.64. The van der Waals surface area contributed by atoms with Gasteiger partial charge in [0.15, 0.2) is 5.82 Å². The molecule has 1 N–H and O–H groups in total. The normalized spacial score (nSPS) is 30.5. The molecule has 0 amide bonds. The summed E-state index contributed by atoms with van der Waals surface area (Å²) in [5.41, 5.74) is 0. The lowest BCUT2D eigenvalue weighted by Crippen LogP contribution is -2.18. The Morgan fingerprint density at radius 3 is 2.87 bits per heavy atom. The summed E-state index contributed by atoms with van der Waals surface area (Å²) < 4.78 is 2.14. The second-order valence-corrected chi connectivity index (χ2v) is 5.54. The number of aliphatic hydroxyl groups excluding tert-OH is 1. The van der Waals surface area contributed by atoms with E-state index in [4.69, 9.17) is 0 Å². The highest BCUT2D eigenvalue weighted by molar-refractivity contribution is 7.99. The van der Waals surface area contributed by atoms with Crippen LogP contribution in [0.3, 0.4) is 0 Å². The van der Waals surface area contributed by atoms with Crippen molar-refractivity contribution < 1.29 is 5.11 Å². The Bertz CT molecular complexity index is 360. The fourth-order valence-electron chi connectivity index (χ4n) is 2.39. The number of nitrogens with zero attached hydrogens (tertiary/aromatic N) is 3. The minimum atomic E-state index is -0.397. The third kappa shape index (κ3) is 1.58. The van der Waals surface area contributed by atoms with Crippen molar-refractivity contribution >= 4 is 11.8 Å². The first-order valence-electron chi connectivity index (χ1n) is 5.59. The molecular weight excluding hydrogens is 210 g/mol. The van der Waals surface area contributed by atoms with Gasteiger partial charge in [-0.2, -0.15) is 11.8 Å². The smallest absolute Gasteiger partial charge is 0.161 e. The zero-order chi connectivity index (χ0) is 10.3. The van der Waals surface area contributed by atoms with Crippen LogP contribution in [-0.2, 0) is 6.54 Å². The highest BCUT2D eigenvalue weighted by Gasteiger charge is 2.29. The SMILES string of the molecule is OC1CCCn2c1nnc2C1CCCS1. The van der Waals surface area contributed by atoms with Gasteiger partial charge >= 0.3 is 0 Å². The van der Waals surface area contributed by atoms with Crippen molar-refractivity contribution in [1.29, 1.82) is 0 Å². The van der Waals surface area contributed by atoms with Gasteiger partial charge in [0.1, 0.15) is 11.9 Å². The maximum absolute atomic E-state index is 9.79. The van der Waals surface area contributed by atoms with E-state index in [2.05, 4.69) is 14.8 Å². The molecule has 1 aromatic heterocycles. The lowest BCUT2D eigenvalue weighted by Gasteiger charge is -2.20. The van der Waals surface area contributed by atoms with Crippen molar-refractivity contribution in [3.8, 4) is 0 Å². The Kier molecular flexibility index (Phi) is 2.44. The molecule has 2 atom stereocenters. The lowest BCUT2D eigenvalue weighted by molar-refractivity contribution is 0.133. The van der Waals surface area contributed by atoms with E-state index in [0.29, 0.717) is 5.25 Å². The second-order valence-electron chi connectivity index (χ2n) is 4.23. The zero-order valence-corrected chi connectivity index (χ0v) is 9.41. The molecule has 2 aliphatic rings. The molecule has 3 rings (SSSR count). The third-order valence-corrected chi connectivity index (χ3v) is 4.56. The first kappa shape index (κ1) is 9.66. The predicted octanol–water partition coefficient (Wildman–Crippen LogP) is 1.67. The van der Waals surface area contributed by atoms with E-state index in [0.717, 1.165) is 31.0 Å². The Morgan fingerprint density at radius 2 is 2.07 bits per heavy atom. The van der Waals surface area contributed by atoms with Crippen LogP contribution in [0.25, 0.3) is 0 Å². The van der Waals surface area contributed by atoms with E-state index in [1.165, 1.54) is 18.6 Å². The van der Waals surface area contributed by atoms with Crippen LogP contribution in [0.15, 0.2) is 0 Å². The fourth-order valence-corrected chi connectivity index (χ4v) is 3.67. The van der Waals surface area contributed by atoms with E-state index in [9.17, 15) is 5.11 Å². The summed E-state index contributed by atoms with van der Waals surface area (Å²) in [6, 6.07) is 0. The van der Waals surface area contributed by atoms with E-state index in [1.54, 1.807) is 0 Å². The summed E-state index contributed by atoms with van der Waals surface area (Å²) in [4.78, 5) is 0. The molecule has 15 heavy (non-hydrogen) atoms. The van der Waals surface area contributed by atoms with Gasteiger partial charge in [-0.25, -0.2) is 0 Å². The van der Waals surface area contributed by atoms with Crippen LogP contribution >= 0.6 is 11.8 Å². The lowest BCUT2D eigenvalue weighted by atomic mass is 10.1. The minimum Gasteiger partial charge on any atom is -0.385 e. The summed E-state index contributed by atoms with van der Waals surface area (Å²) in [7, 11) is 0. The molecule has 3 heterocycles. The predicted molar refractivity (Wildman–Crippen MR) is 58.6 cm³/mol. The number of aliphatic hydroxyl groups is 1. The number of hydrogen-bond donors (Lipinski definition) is 1. The monoisotopic (exact) mass is 225 g/mol. The van der Waals surface area contributed by atoms with Gasteiger partial charge in [0.2, 0.25) is 0 Å². The Labute approximate surface area is 93.1 Å². The van der Waals surface area contributed by atoms with Crippen molar-refractivity contribution in [2.24, 2.45) is 0 Å². The van der Waals surface area contributed by atoms with Gasteiger partial charge in [0, 0.05) is 6.54 Å². The van der Waals surface area contributed by atoms with E-state index in [-0.39, 0.29) is 0 Å². The highest BCUT2D eigenvalue weighted by Crippen LogP contribution is 2.40. The zero-order valence-electron chi connectivity index (χ0n) is 8.59. The molecule has 2 aliphatic heterocycles. The van der Waals surface area contributed by atoms with Crippen molar-refractivity contribution in [3.05, 3.63) is 11.6 Å². The van der Waals surface area contributed by atoms with Gasteiger partial charge in [0.25, 0.3) is 0 Å². The average Bonchev–Trinajstić information content (AvgIpc) is 2.85.